The fraction of sp³-hybridized carbons (Fsp3) is 0.167. The first-order chi connectivity index (χ1) is 9.20. The van der Waals surface area contributed by atoms with Crippen molar-refractivity contribution in [3.05, 3.63) is 40.5 Å². The summed E-state index contributed by atoms with van der Waals surface area (Å²) in [6.07, 6.45) is -4.51. The minimum atomic E-state index is -4.51. The van der Waals surface area contributed by atoms with E-state index in [1.54, 1.807) is 0 Å². The average Bonchev–Trinajstić information content (AvgIpc) is 2.70. The molecule has 4 nitrogen and oxygen atoms in total. The maximum absolute atomic E-state index is 12.7. The van der Waals surface area contributed by atoms with Crippen LogP contribution in [0.1, 0.15) is 16.1 Å². The van der Waals surface area contributed by atoms with Crippen LogP contribution in [-0.4, -0.2) is 20.9 Å². The predicted octanol–water partition coefficient (Wildman–Crippen LogP) is 3.46. The normalized spacial score (nSPS) is 11.7. The lowest BCUT2D eigenvalue weighted by molar-refractivity contribution is -0.137. The van der Waals surface area contributed by atoms with Crippen molar-refractivity contribution < 1.29 is 23.1 Å². The number of nitrogens with zero attached hydrogens (tertiary/aromatic N) is 2. The fourth-order valence-electron chi connectivity index (χ4n) is 1.72. The van der Waals surface area contributed by atoms with E-state index in [-0.39, 0.29) is 22.0 Å². The number of rotatable bonds is 2. The van der Waals surface area contributed by atoms with Crippen LogP contribution in [0.15, 0.2) is 24.3 Å². The van der Waals surface area contributed by atoms with E-state index in [1.807, 2.05) is 0 Å². The quantitative estimate of drug-likeness (QED) is 0.924. The molecule has 20 heavy (non-hydrogen) atoms. The van der Waals surface area contributed by atoms with E-state index in [0.717, 1.165) is 18.2 Å². The number of alkyl halides is 3. The molecular formula is C12H8ClF3N2O2. The molecule has 2 aromatic rings. The summed E-state index contributed by atoms with van der Waals surface area (Å²) < 4.78 is 39.2. The molecule has 0 radical (unpaired) electrons. The highest BCUT2D eigenvalue weighted by Crippen LogP contribution is 2.35. The van der Waals surface area contributed by atoms with Crippen LogP contribution < -0.4 is 0 Å². The van der Waals surface area contributed by atoms with E-state index >= 15 is 0 Å². The van der Waals surface area contributed by atoms with Crippen LogP contribution in [0.2, 0.25) is 5.02 Å². The van der Waals surface area contributed by atoms with Gasteiger partial charge in [-0.05, 0) is 24.3 Å². The second-order valence-electron chi connectivity index (χ2n) is 4.04. The van der Waals surface area contributed by atoms with Crippen molar-refractivity contribution in [2.24, 2.45) is 7.05 Å². The molecule has 8 heteroatoms. The summed E-state index contributed by atoms with van der Waals surface area (Å²) in [5, 5.41) is 12.6. The monoisotopic (exact) mass is 304 g/mol. The molecule has 0 saturated heterocycles. The first kappa shape index (κ1) is 14.4. The number of hydrogen-bond acceptors (Lipinski definition) is 2. The average molecular weight is 305 g/mol. The van der Waals surface area contributed by atoms with Gasteiger partial charge in [0.1, 0.15) is 0 Å². The van der Waals surface area contributed by atoms with Gasteiger partial charge in [0.2, 0.25) is 0 Å². The first-order valence-electron chi connectivity index (χ1n) is 5.34. The predicted molar refractivity (Wildman–Crippen MR) is 65.6 cm³/mol. The van der Waals surface area contributed by atoms with Gasteiger partial charge in [0.15, 0.2) is 5.69 Å². The molecule has 0 unspecified atom stereocenters. The highest BCUT2D eigenvalue weighted by atomic mass is 35.5. The van der Waals surface area contributed by atoms with E-state index in [2.05, 4.69) is 5.10 Å². The van der Waals surface area contributed by atoms with Crippen LogP contribution in [0.4, 0.5) is 13.2 Å². The van der Waals surface area contributed by atoms with Crippen LogP contribution in [0.5, 0.6) is 0 Å². The smallest absolute Gasteiger partial charge is 0.416 e. The van der Waals surface area contributed by atoms with Crippen molar-refractivity contribution in [3.8, 4) is 11.3 Å². The molecule has 0 amide bonds. The van der Waals surface area contributed by atoms with E-state index in [9.17, 15) is 18.0 Å². The van der Waals surface area contributed by atoms with Crippen molar-refractivity contribution in [2.45, 2.75) is 6.18 Å². The standard InChI is InChI=1S/C12H8ClF3N2O2/c1-18-10(5-9(17-18)11(19)20)7-4-6(12(14,15)16)2-3-8(7)13/h2-5H,1H3,(H,19,20). The molecule has 0 aliphatic carbocycles. The number of benzene rings is 1. The third-order valence-electron chi connectivity index (χ3n) is 2.67. The lowest BCUT2D eigenvalue weighted by Gasteiger charge is -2.10. The van der Waals surface area contributed by atoms with Crippen molar-refractivity contribution in [2.75, 3.05) is 0 Å². The van der Waals surface area contributed by atoms with Gasteiger partial charge < -0.3 is 5.11 Å². The summed E-state index contributed by atoms with van der Waals surface area (Å²) >= 11 is 5.89. The van der Waals surface area contributed by atoms with Crippen LogP contribution in [0, 0.1) is 0 Å². The van der Waals surface area contributed by atoms with Gasteiger partial charge >= 0.3 is 12.1 Å². The third kappa shape index (κ3) is 2.62. The minimum absolute atomic E-state index is 0.0731. The highest BCUT2D eigenvalue weighted by Gasteiger charge is 2.31. The molecular weight excluding hydrogens is 297 g/mol. The van der Waals surface area contributed by atoms with Gasteiger partial charge in [-0.2, -0.15) is 18.3 Å². The van der Waals surface area contributed by atoms with Crippen molar-refractivity contribution in [3.63, 3.8) is 0 Å². The number of carbonyl (C=O) groups is 1. The van der Waals surface area contributed by atoms with Gasteiger partial charge in [-0.15, -0.1) is 0 Å². The SMILES string of the molecule is Cn1nc(C(=O)O)cc1-c1cc(C(F)(F)F)ccc1Cl. The Balaban J connectivity index is 2.60. The first-order valence-corrected chi connectivity index (χ1v) is 5.72. The summed E-state index contributed by atoms with van der Waals surface area (Å²) in [6, 6.07) is 4.02. The molecule has 0 atom stereocenters. The Morgan fingerprint density at radius 3 is 2.50 bits per heavy atom. The lowest BCUT2D eigenvalue weighted by atomic mass is 10.1. The zero-order chi connectivity index (χ0) is 15.1. The van der Waals surface area contributed by atoms with E-state index < -0.39 is 17.7 Å². The van der Waals surface area contributed by atoms with Gasteiger partial charge in [-0.1, -0.05) is 11.6 Å². The van der Waals surface area contributed by atoms with E-state index in [4.69, 9.17) is 16.7 Å². The number of aryl methyl sites for hydroxylation is 1. The van der Waals surface area contributed by atoms with Gasteiger partial charge in [0.05, 0.1) is 11.3 Å². The molecule has 1 heterocycles. The summed E-state index contributed by atoms with van der Waals surface area (Å²) in [5.41, 5.74) is -0.867. The second-order valence-corrected chi connectivity index (χ2v) is 4.44. The number of carboxylic acids is 1. The van der Waals surface area contributed by atoms with Gasteiger partial charge in [0, 0.05) is 17.6 Å². The Hall–Kier alpha value is -2.02. The summed E-state index contributed by atoms with van der Waals surface area (Å²) in [5.74, 6) is -1.27. The maximum Gasteiger partial charge on any atom is 0.416 e. The molecule has 2 rings (SSSR count). The van der Waals surface area contributed by atoms with E-state index in [1.165, 1.54) is 17.8 Å². The number of halogens is 4. The van der Waals surface area contributed by atoms with Gasteiger partial charge in [-0.25, -0.2) is 4.79 Å². The van der Waals surface area contributed by atoms with Gasteiger partial charge in [0.25, 0.3) is 0 Å². The Bertz CT molecular complexity index is 680. The Morgan fingerprint density at radius 2 is 2.00 bits per heavy atom. The highest BCUT2D eigenvalue weighted by molar-refractivity contribution is 6.33. The molecule has 0 spiro atoms. The molecule has 0 saturated carbocycles. The topological polar surface area (TPSA) is 55.1 Å². The fourth-order valence-corrected chi connectivity index (χ4v) is 1.94. The molecule has 106 valence electrons. The lowest BCUT2D eigenvalue weighted by Crippen LogP contribution is -2.05. The van der Waals surface area contributed by atoms with Crippen molar-refractivity contribution in [1.82, 2.24) is 9.78 Å². The summed E-state index contributed by atoms with van der Waals surface area (Å²) in [6.45, 7) is 0. The van der Waals surface area contributed by atoms with E-state index in [0.29, 0.717) is 0 Å². The van der Waals surface area contributed by atoms with Crippen molar-refractivity contribution in [1.29, 1.82) is 0 Å². The zero-order valence-corrected chi connectivity index (χ0v) is 10.8. The van der Waals surface area contributed by atoms with Gasteiger partial charge in [-0.3, -0.25) is 4.68 Å². The zero-order valence-electron chi connectivity index (χ0n) is 10.1. The number of aromatic nitrogens is 2. The Labute approximate surface area is 116 Å². The van der Waals surface area contributed by atoms with Crippen molar-refractivity contribution >= 4 is 17.6 Å². The number of carboxylic acid groups (broad SMARTS) is 1. The second kappa shape index (κ2) is 4.82. The molecule has 0 bridgehead atoms. The molecule has 1 aromatic carbocycles. The summed E-state index contributed by atoms with van der Waals surface area (Å²) in [4.78, 5) is 10.8. The number of hydrogen-bond donors (Lipinski definition) is 1. The molecule has 1 N–H and O–H groups in total. The molecule has 0 fully saturated rings. The summed E-state index contributed by atoms with van der Waals surface area (Å²) in [7, 11) is 1.43. The largest absolute Gasteiger partial charge is 0.476 e. The number of aromatic carboxylic acids is 1. The van der Waals surface area contributed by atoms with Crippen LogP contribution in [0.25, 0.3) is 11.3 Å². The molecule has 0 aliphatic rings. The van der Waals surface area contributed by atoms with Crippen LogP contribution >= 0.6 is 11.6 Å². The Kier molecular flexibility index (Phi) is 3.47. The molecule has 0 aliphatic heterocycles. The van der Waals surface area contributed by atoms with Crippen LogP contribution in [0.3, 0.4) is 0 Å². The third-order valence-corrected chi connectivity index (χ3v) is 3.00. The molecule has 1 aromatic heterocycles. The maximum atomic E-state index is 12.7. The van der Waals surface area contributed by atoms with Crippen LogP contribution in [-0.2, 0) is 13.2 Å². The minimum Gasteiger partial charge on any atom is -0.476 e. The Morgan fingerprint density at radius 1 is 1.35 bits per heavy atom.